The average Bonchev–Trinajstić information content (AvgIpc) is 3.44. The van der Waals surface area contributed by atoms with E-state index >= 15 is 0 Å². The largest absolute Gasteiger partial charge is 0.496 e. The monoisotopic (exact) mass is 392 g/mol. The van der Waals surface area contributed by atoms with Gasteiger partial charge in [-0.2, -0.15) is 0 Å². The molecule has 0 radical (unpaired) electrons. The molecule has 2 aromatic rings. The Balaban J connectivity index is 1.66. The highest BCUT2D eigenvalue weighted by Crippen LogP contribution is 2.47. The first kappa shape index (κ1) is 18.5. The quantitative estimate of drug-likeness (QED) is 0.728. The van der Waals surface area contributed by atoms with E-state index < -0.39 is 5.41 Å². The van der Waals surface area contributed by atoms with Gasteiger partial charge in [-0.1, -0.05) is 41.4 Å². The zero-order valence-corrected chi connectivity index (χ0v) is 15.7. The van der Waals surface area contributed by atoms with Crippen LogP contribution in [0.25, 0.3) is 0 Å². The van der Waals surface area contributed by atoms with Crippen molar-refractivity contribution in [3.05, 3.63) is 58.1 Å². The van der Waals surface area contributed by atoms with Crippen LogP contribution in [0.15, 0.2) is 42.5 Å². The number of hydrogen-bond donors (Lipinski definition) is 2. The molecule has 0 heterocycles. The molecule has 2 amide bonds. The minimum absolute atomic E-state index is 0.291. The second-order valence-electron chi connectivity index (χ2n) is 6.15. The van der Waals surface area contributed by atoms with Gasteiger partial charge in [0.1, 0.15) is 11.2 Å². The van der Waals surface area contributed by atoms with Crippen LogP contribution < -0.4 is 15.4 Å². The molecule has 7 heteroatoms. The lowest BCUT2D eigenvalue weighted by Gasteiger charge is -2.17. The second-order valence-corrected chi connectivity index (χ2v) is 7.00. The summed E-state index contributed by atoms with van der Waals surface area (Å²) in [5.74, 6) is 0.0280. The molecule has 0 aliphatic heterocycles. The van der Waals surface area contributed by atoms with E-state index in [2.05, 4.69) is 10.6 Å². The Hall–Kier alpha value is -2.24. The highest BCUT2D eigenvalue weighted by Gasteiger charge is 2.56. The molecule has 26 heavy (non-hydrogen) atoms. The molecule has 3 rings (SSSR count). The summed E-state index contributed by atoms with van der Waals surface area (Å²) in [7, 11) is 1.58. The smallest absolute Gasteiger partial charge is 0.240 e. The van der Waals surface area contributed by atoms with Crippen LogP contribution in [0.1, 0.15) is 18.4 Å². The summed E-state index contributed by atoms with van der Waals surface area (Å²) in [6.45, 7) is 0.291. The number of nitrogens with one attached hydrogen (secondary N) is 2. The first-order valence-electron chi connectivity index (χ1n) is 8.13. The first-order chi connectivity index (χ1) is 12.5. The van der Waals surface area contributed by atoms with Crippen LogP contribution in [0.4, 0.5) is 5.69 Å². The predicted octanol–water partition coefficient (Wildman–Crippen LogP) is 4.04. The van der Waals surface area contributed by atoms with E-state index in [0.717, 1.165) is 5.56 Å². The number of carbonyl (C=O) groups is 2. The lowest BCUT2D eigenvalue weighted by molar-refractivity contribution is -0.134. The summed E-state index contributed by atoms with van der Waals surface area (Å²) in [4.78, 5) is 25.2. The second kappa shape index (κ2) is 7.56. The fraction of sp³-hybridized carbons (Fsp3) is 0.263. The highest BCUT2D eigenvalue weighted by molar-refractivity contribution is 6.36. The highest BCUT2D eigenvalue weighted by atomic mass is 35.5. The summed E-state index contributed by atoms with van der Waals surface area (Å²) in [5.41, 5.74) is 0.232. The van der Waals surface area contributed by atoms with E-state index in [4.69, 9.17) is 27.9 Å². The van der Waals surface area contributed by atoms with Gasteiger partial charge in [0.15, 0.2) is 0 Å². The zero-order chi connectivity index (χ0) is 18.7. The molecule has 1 aliphatic rings. The fourth-order valence-electron chi connectivity index (χ4n) is 2.71. The van der Waals surface area contributed by atoms with Crippen LogP contribution in [-0.2, 0) is 16.1 Å². The van der Waals surface area contributed by atoms with Crippen molar-refractivity contribution < 1.29 is 14.3 Å². The summed E-state index contributed by atoms with van der Waals surface area (Å²) < 4.78 is 5.27. The van der Waals surface area contributed by atoms with Gasteiger partial charge in [-0.05, 0) is 37.1 Å². The number of para-hydroxylation sites is 1. The van der Waals surface area contributed by atoms with E-state index in [9.17, 15) is 9.59 Å². The minimum Gasteiger partial charge on any atom is -0.496 e. The summed E-state index contributed by atoms with van der Waals surface area (Å²) in [5, 5.41) is 6.37. The number of carbonyl (C=O) groups excluding carboxylic acids is 2. The van der Waals surface area contributed by atoms with E-state index in [1.165, 1.54) is 0 Å². The third-order valence-corrected chi connectivity index (χ3v) is 4.98. The van der Waals surface area contributed by atoms with Crippen molar-refractivity contribution in [3.63, 3.8) is 0 Å². The molecule has 136 valence electrons. The first-order valence-corrected chi connectivity index (χ1v) is 8.88. The summed E-state index contributed by atoms with van der Waals surface area (Å²) in [6, 6.07) is 12.2. The maximum atomic E-state index is 12.6. The molecule has 1 aliphatic carbocycles. The third kappa shape index (κ3) is 3.79. The number of benzene rings is 2. The Labute approximate surface area is 161 Å². The van der Waals surface area contributed by atoms with E-state index in [0.29, 0.717) is 40.9 Å². The Morgan fingerprint density at radius 1 is 1.12 bits per heavy atom. The van der Waals surface area contributed by atoms with Gasteiger partial charge in [0.2, 0.25) is 11.8 Å². The summed E-state index contributed by atoms with van der Waals surface area (Å²) in [6.07, 6.45) is 1.00. The molecule has 0 saturated heterocycles. The molecule has 0 unspecified atom stereocenters. The van der Waals surface area contributed by atoms with Crippen molar-refractivity contribution in [3.8, 4) is 5.75 Å². The topological polar surface area (TPSA) is 67.4 Å². The third-order valence-electron chi connectivity index (χ3n) is 4.43. The van der Waals surface area contributed by atoms with Crippen molar-refractivity contribution in [1.82, 2.24) is 5.32 Å². The van der Waals surface area contributed by atoms with Gasteiger partial charge in [0.05, 0.1) is 17.8 Å². The molecule has 1 saturated carbocycles. The molecule has 5 nitrogen and oxygen atoms in total. The van der Waals surface area contributed by atoms with E-state index in [1.807, 2.05) is 24.3 Å². The molecule has 2 aromatic carbocycles. The summed E-state index contributed by atoms with van der Waals surface area (Å²) >= 11 is 11.9. The maximum absolute atomic E-state index is 12.6. The Morgan fingerprint density at radius 2 is 1.85 bits per heavy atom. The molecular weight excluding hydrogens is 375 g/mol. The Bertz CT molecular complexity index is 850. The lowest BCUT2D eigenvalue weighted by atomic mass is 10.0. The number of anilines is 1. The fourth-order valence-corrected chi connectivity index (χ4v) is 3.16. The number of rotatable bonds is 6. The maximum Gasteiger partial charge on any atom is 0.240 e. The van der Waals surface area contributed by atoms with Crippen molar-refractivity contribution >= 4 is 40.7 Å². The Kier molecular flexibility index (Phi) is 5.39. The van der Waals surface area contributed by atoms with Gasteiger partial charge >= 0.3 is 0 Å². The van der Waals surface area contributed by atoms with E-state index in [1.54, 1.807) is 25.3 Å². The van der Waals surface area contributed by atoms with Gasteiger partial charge in [-0.3, -0.25) is 9.59 Å². The van der Waals surface area contributed by atoms with Crippen LogP contribution in [0, 0.1) is 5.41 Å². The van der Waals surface area contributed by atoms with Gasteiger partial charge in [0.25, 0.3) is 0 Å². The molecule has 0 spiro atoms. The number of methoxy groups -OCH3 is 1. The van der Waals surface area contributed by atoms with Crippen molar-refractivity contribution in [2.24, 2.45) is 5.41 Å². The predicted molar refractivity (Wildman–Crippen MR) is 102 cm³/mol. The number of halogens is 2. The normalized spacial score (nSPS) is 14.4. The van der Waals surface area contributed by atoms with Crippen LogP contribution in [0.5, 0.6) is 5.75 Å². The van der Waals surface area contributed by atoms with Crippen LogP contribution >= 0.6 is 23.2 Å². The SMILES string of the molecule is COc1ccccc1CNC(=O)C1(C(=O)Nc2ccc(Cl)cc2Cl)CC1. The lowest BCUT2D eigenvalue weighted by Crippen LogP contribution is -2.39. The van der Waals surface area contributed by atoms with Crippen LogP contribution in [0.2, 0.25) is 10.0 Å². The molecular formula is C19H18Cl2N2O3. The van der Waals surface area contributed by atoms with Gasteiger partial charge < -0.3 is 15.4 Å². The number of hydrogen-bond acceptors (Lipinski definition) is 3. The Morgan fingerprint density at radius 3 is 2.50 bits per heavy atom. The molecule has 0 aromatic heterocycles. The van der Waals surface area contributed by atoms with Crippen LogP contribution in [-0.4, -0.2) is 18.9 Å². The van der Waals surface area contributed by atoms with E-state index in [-0.39, 0.29) is 11.8 Å². The van der Waals surface area contributed by atoms with Gasteiger partial charge in [0, 0.05) is 17.1 Å². The molecule has 1 fully saturated rings. The molecule has 0 atom stereocenters. The van der Waals surface area contributed by atoms with Gasteiger partial charge in [-0.15, -0.1) is 0 Å². The molecule has 0 bridgehead atoms. The van der Waals surface area contributed by atoms with Crippen molar-refractivity contribution in [1.29, 1.82) is 0 Å². The van der Waals surface area contributed by atoms with Crippen LogP contribution in [0.3, 0.4) is 0 Å². The van der Waals surface area contributed by atoms with Crippen molar-refractivity contribution in [2.75, 3.05) is 12.4 Å². The van der Waals surface area contributed by atoms with Gasteiger partial charge in [-0.25, -0.2) is 0 Å². The van der Waals surface area contributed by atoms with Crippen molar-refractivity contribution in [2.45, 2.75) is 19.4 Å². The minimum atomic E-state index is -1.05. The number of amides is 2. The zero-order valence-electron chi connectivity index (χ0n) is 14.1. The average molecular weight is 393 g/mol. The number of ether oxygens (including phenoxy) is 1. The molecule has 2 N–H and O–H groups in total. The standard InChI is InChI=1S/C19H18Cl2N2O3/c1-26-16-5-3-2-4-12(16)11-22-17(24)19(8-9-19)18(25)23-15-7-6-13(20)10-14(15)21/h2-7,10H,8-9,11H2,1H3,(H,22,24)(H,23,25).